The normalized spacial score (nSPS) is 26.3. The van der Waals surface area contributed by atoms with Gasteiger partial charge in [0.2, 0.25) is 18.3 Å². The Morgan fingerprint density at radius 1 is 0.887 bits per heavy atom. The SMILES string of the molecule is COC(=O)[C@H]1O[C@@H](Oc2c(C)c(C)c3c(c2C)CCC(C)(COc2ccc(CC4SC(=O)NC4=O)cc2)O3)[C@H](OC(C)=O)[C@@H](OC(C)=O)[C@@H]1OC(C)=O. The van der Waals surface area contributed by atoms with Gasteiger partial charge in [-0.15, -0.1) is 0 Å². The Labute approximate surface area is 310 Å². The number of fused-ring (bicyclic) bond motifs is 1. The van der Waals surface area contributed by atoms with E-state index in [-0.39, 0.29) is 17.8 Å². The second-order valence-corrected chi connectivity index (χ2v) is 14.5. The Hall–Kier alpha value is -4.83. The van der Waals surface area contributed by atoms with E-state index in [4.69, 9.17) is 37.9 Å². The summed E-state index contributed by atoms with van der Waals surface area (Å²) in [6.07, 6.45) is -5.95. The molecule has 3 heterocycles. The third-order valence-electron chi connectivity index (χ3n) is 9.29. The molecule has 16 heteroatoms. The highest BCUT2D eigenvalue weighted by Gasteiger charge is 2.56. The largest absolute Gasteiger partial charge is 0.489 e. The zero-order valence-electron chi connectivity index (χ0n) is 30.7. The first-order valence-electron chi connectivity index (χ1n) is 17.0. The summed E-state index contributed by atoms with van der Waals surface area (Å²) in [6, 6.07) is 7.37. The minimum absolute atomic E-state index is 0.243. The fourth-order valence-electron chi connectivity index (χ4n) is 6.55. The van der Waals surface area contributed by atoms with Crippen molar-refractivity contribution in [2.45, 2.75) is 109 Å². The molecule has 3 aliphatic heterocycles. The summed E-state index contributed by atoms with van der Waals surface area (Å²) in [4.78, 5) is 72.9. The van der Waals surface area contributed by atoms with Crippen molar-refractivity contribution in [3.05, 3.63) is 52.1 Å². The quantitative estimate of drug-likeness (QED) is 0.258. The number of carbonyl (C=O) groups is 6. The topological polar surface area (TPSA) is 188 Å². The number of ether oxygens (including phenoxy) is 8. The van der Waals surface area contributed by atoms with Gasteiger partial charge < -0.3 is 37.9 Å². The highest BCUT2D eigenvalue weighted by Crippen LogP contribution is 2.45. The van der Waals surface area contributed by atoms with Gasteiger partial charge in [0, 0.05) is 26.3 Å². The van der Waals surface area contributed by atoms with E-state index in [2.05, 4.69) is 5.32 Å². The Morgan fingerprint density at radius 3 is 2.09 bits per heavy atom. The molecule has 286 valence electrons. The molecule has 0 saturated carbocycles. The predicted octanol–water partition coefficient (Wildman–Crippen LogP) is 3.74. The summed E-state index contributed by atoms with van der Waals surface area (Å²) < 4.78 is 46.5. The van der Waals surface area contributed by atoms with E-state index >= 15 is 0 Å². The Kier molecular flexibility index (Phi) is 11.9. The number of esters is 4. The molecule has 1 N–H and O–H groups in total. The van der Waals surface area contributed by atoms with Crippen LogP contribution in [-0.4, -0.2) is 90.3 Å². The molecule has 2 fully saturated rings. The zero-order chi connectivity index (χ0) is 38.8. The fourth-order valence-corrected chi connectivity index (χ4v) is 7.41. The molecule has 0 aliphatic carbocycles. The number of hydrogen-bond donors (Lipinski definition) is 1. The van der Waals surface area contributed by atoms with Gasteiger partial charge in [-0.3, -0.25) is 29.3 Å². The van der Waals surface area contributed by atoms with E-state index < -0.39 is 65.4 Å². The summed E-state index contributed by atoms with van der Waals surface area (Å²) in [5.74, 6) is -1.91. The van der Waals surface area contributed by atoms with Crippen molar-refractivity contribution < 1.29 is 66.7 Å². The standard InChI is InChI=1S/C37H43NO14S/c1-17-18(2)28-25(13-14-37(7,52-28)16-46-24-11-9-23(10-12-24)15-26-33(42)38-36(44)53-26)19(3)27(17)50-35-32(49-22(6)41)30(48-21(5)40)29(47-20(4)39)31(51-35)34(43)45-8/h9-12,26,29-32,35H,13-16H2,1-8H3,(H,38,42,44)/t26?,29-,30-,31-,32+,35+,37?/m0/s1. The number of benzene rings is 2. The van der Waals surface area contributed by atoms with Gasteiger partial charge in [-0.1, -0.05) is 23.9 Å². The summed E-state index contributed by atoms with van der Waals surface area (Å²) >= 11 is 0.988. The Morgan fingerprint density at radius 2 is 1.51 bits per heavy atom. The molecule has 2 saturated heterocycles. The third kappa shape index (κ3) is 8.87. The number of rotatable bonds is 11. The number of amides is 2. The molecule has 7 atom stereocenters. The number of hydrogen-bond acceptors (Lipinski definition) is 15. The molecule has 5 rings (SSSR count). The maximum absolute atomic E-state index is 12.9. The highest BCUT2D eigenvalue weighted by atomic mass is 32.2. The lowest BCUT2D eigenvalue weighted by Gasteiger charge is -2.43. The van der Waals surface area contributed by atoms with Crippen molar-refractivity contribution in [3.8, 4) is 17.2 Å². The molecule has 0 spiro atoms. The number of carbonyl (C=O) groups excluding carboxylic acids is 6. The molecule has 2 amide bonds. The van der Waals surface area contributed by atoms with Crippen molar-refractivity contribution >= 4 is 46.8 Å². The summed E-state index contributed by atoms with van der Waals surface area (Å²) in [5, 5.41) is 1.51. The average molecular weight is 758 g/mol. The van der Waals surface area contributed by atoms with Crippen molar-refractivity contribution in [2.24, 2.45) is 0 Å². The monoisotopic (exact) mass is 757 g/mol. The Bertz CT molecular complexity index is 1790. The van der Waals surface area contributed by atoms with Gasteiger partial charge in [0.1, 0.15) is 29.5 Å². The fraction of sp³-hybridized carbons (Fsp3) is 0.514. The molecule has 2 aromatic rings. The number of methoxy groups -OCH3 is 1. The minimum atomic E-state index is -1.59. The van der Waals surface area contributed by atoms with Gasteiger partial charge in [0.15, 0.2) is 18.3 Å². The molecular weight excluding hydrogens is 714 g/mol. The zero-order valence-corrected chi connectivity index (χ0v) is 31.5. The van der Waals surface area contributed by atoms with E-state index in [1.807, 2.05) is 52.0 Å². The van der Waals surface area contributed by atoms with E-state index in [9.17, 15) is 28.8 Å². The van der Waals surface area contributed by atoms with Gasteiger partial charge in [0.05, 0.1) is 12.4 Å². The van der Waals surface area contributed by atoms with Crippen LogP contribution in [0.25, 0.3) is 0 Å². The molecule has 0 radical (unpaired) electrons. The number of thioether (sulfide) groups is 1. The second kappa shape index (κ2) is 16.0. The lowest BCUT2D eigenvalue weighted by molar-refractivity contribution is -0.282. The van der Waals surface area contributed by atoms with Crippen molar-refractivity contribution in [2.75, 3.05) is 13.7 Å². The van der Waals surface area contributed by atoms with E-state index in [1.165, 1.54) is 0 Å². The summed E-state index contributed by atoms with van der Waals surface area (Å²) in [7, 11) is 1.12. The van der Waals surface area contributed by atoms with Crippen LogP contribution in [0.15, 0.2) is 24.3 Å². The Balaban J connectivity index is 1.36. The predicted molar refractivity (Wildman–Crippen MR) is 187 cm³/mol. The molecule has 2 unspecified atom stereocenters. The van der Waals surface area contributed by atoms with Crippen LogP contribution in [0, 0.1) is 20.8 Å². The number of nitrogens with one attached hydrogen (secondary N) is 1. The highest BCUT2D eigenvalue weighted by molar-refractivity contribution is 8.15. The van der Waals surface area contributed by atoms with Gasteiger partial charge >= 0.3 is 23.9 Å². The summed E-state index contributed by atoms with van der Waals surface area (Å²) in [5.41, 5.74) is 3.23. The van der Waals surface area contributed by atoms with Crippen LogP contribution in [0.4, 0.5) is 4.79 Å². The van der Waals surface area contributed by atoms with Crippen molar-refractivity contribution in [1.82, 2.24) is 5.32 Å². The minimum Gasteiger partial charge on any atom is -0.489 e. The van der Waals surface area contributed by atoms with Gasteiger partial charge in [-0.25, -0.2) is 4.79 Å². The second-order valence-electron chi connectivity index (χ2n) is 13.4. The van der Waals surface area contributed by atoms with Gasteiger partial charge in [0.25, 0.3) is 5.24 Å². The van der Waals surface area contributed by atoms with Crippen molar-refractivity contribution in [3.63, 3.8) is 0 Å². The molecular formula is C37H43NO14S. The van der Waals surface area contributed by atoms with Crippen LogP contribution in [0.3, 0.4) is 0 Å². The van der Waals surface area contributed by atoms with E-state index in [0.29, 0.717) is 47.6 Å². The van der Waals surface area contributed by atoms with E-state index in [1.54, 1.807) is 0 Å². The first-order valence-corrected chi connectivity index (χ1v) is 17.8. The van der Waals surface area contributed by atoms with Crippen LogP contribution >= 0.6 is 11.8 Å². The van der Waals surface area contributed by atoms with Crippen LogP contribution in [0.2, 0.25) is 0 Å². The first-order chi connectivity index (χ1) is 25.0. The molecule has 0 bridgehead atoms. The lowest BCUT2D eigenvalue weighted by Crippen LogP contribution is -2.64. The summed E-state index contributed by atoms with van der Waals surface area (Å²) in [6.45, 7) is 11.1. The van der Waals surface area contributed by atoms with Crippen LogP contribution in [0.1, 0.15) is 61.9 Å². The smallest absolute Gasteiger partial charge is 0.339 e. The maximum Gasteiger partial charge on any atom is 0.339 e. The molecule has 0 aromatic heterocycles. The molecule has 53 heavy (non-hydrogen) atoms. The van der Waals surface area contributed by atoms with Crippen molar-refractivity contribution in [1.29, 1.82) is 0 Å². The first kappa shape index (κ1) is 39.4. The molecule has 2 aromatic carbocycles. The third-order valence-corrected chi connectivity index (χ3v) is 10.3. The average Bonchev–Trinajstić information content (AvgIpc) is 3.41. The van der Waals surface area contributed by atoms with Gasteiger partial charge in [-0.05, 0) is 81.3 Å². The van der Waals surface area contributed by atoms with E-state index in [0.717, 1.165) is 56.3 Å². The van der Waals surface area contributed by atoms with Crippen LogP contribution in [-0.2, 0) is 60.5 Å². The van der Waals surface area contributed by atoms with Gasteiger partial charge in [-0.2, -0.15) is 0 Å². The van der Waals surface area contributed by atoms with Crippen LogP contribution < -0.4 is 19.5 Å². The number of imide groups is 1. The maximum atomic E-state index is 12.9. The van der Waals surface area contributed by atoms with Crippen LogP contribution in [0.5, 0.6) is 17.2 Å². The lowest BCUT2D eigenvalue weighted by atomic mass is 9.87. The molecule has 15 nitrogen and oxygen atoms in total. The molecule has 3 aliphatic rings.